The molecule has 11 aromatic rings. The first kappa shape index (κ1) is 33.8. The van der Waals surface area contributed by atoms with Crippen LogP contribution in [0.2, 0.25) is 0 Å². The molecule has 0 aliphatic rings. The van der Waals surface area contributed by atoms with Gasteiger partial charge in [-0.3, -0.25) is 0 Å². The lowest BCUT2D eigenvalue weighted by Crippen LogP contribution is -1.93. The molecular formula is C58H38. The van der Waals surface area contributed by atoms with Gasteiger partial charge in [0.15, 0.2) is 0 Å². The fourth-order valence-corrected chi connectivity index (χ4v) is 9.29. The molecule has 0 fully saturated rings. The largest absolute Gasteiger partial charge is 0.0622 e. The Labute approximate surface area is 339 Å². The first-order valence-electron chi connectivity index (χ1n) is 20.1. The summed E-state index contributed by atoms with van der Waals surface area (Å²) in [4.78, 5) is 0. The molecule has 0 atom stereocenters. The van der Waals surface area contributed by atoms with Crippen LogP contribution in [0.3, 0.4) is 0 Å². The van der Waals surface area contributed by atoms with E-state index in [1.165, 1.54) is 110 Å². The number of hydrogen-bond donors (Lipinski definition) is 0. The highest BCUT2D eigenvalue weighted by Gasteiger charge is 2.20. The van der Waals surface area contributed by atoms with Gasteiger partial charge >= 0.3 is 0 Å². The summed E-state index contributed by atoms with van der Waals surface area (Å²) in [6.07, 6.45) is 0. The molecule has 0 aliphatic carbocycles. The predicted octanol–water partition coefficient (Wildman–Crippen LogP) is 16.3. The van der Waals surface area contributed by atoms with Crippen LogP contribution in [0.25, 0.3) is 110 Å². The Morgan fingerprint density at radius 2 is 0.500 bits per heavy atom. The van der Waals surface area contributed by atoms with E-state index >= 15 is 0 Å². The van der Waals surface area contributed by atoms with Gasteiger partial charge in [0.1, 0.15) is 0 Å². The van der Waals surface area contributed by atoms with Crippen molar-refractivity contribution in [1.29, 1.82) is 0 Å². The molecule has 0 nitrogen and oxygen atoms in total. The summed E-state index contributed by atoms with van der Waals surface area (Å²) in [6.45, 7) is 0. The molecule has 0 N–H and O–H groups in total. The van der Waals surface area contributed by atoms with E-state index in [0.717, 1.165) is 0 Å². The normalized spacial score (nSPS) is 11.4. The van der Waals surface area contributed by atoms with Crippen molar-refractivity contribution in [3.05, 3.63) is 231 Å². The van der Waals surface area contributed by atoms with Gasteiger partial charge in [0.25, 0.3) is 0 Å². The molecule has 58 heavy (non-hydrogen) atoms. The highest BCUT2D eigenvalue weighted by molar-refractivity contribution is 6.22. The number of benzene rings is 11. The number of rotatable bonds is 6. The topological polar surface area (TPSA) is 0 Å². The molecule has 0 aromatic heterocycles. The molecule has 0 unspecified atom stereocenters. The SMILES string of the molecule is c1ccc(-c2ccc3ccccc3c2-c2cccc(-c3c4ccccc4c(-c4cccc(-c5ccc6ccccc6c5-c5ccccc5)c4)c4ccccc34)c2)cc1. The standard InChI is InChI=1S/C58H38/c1-3-17-39(18-4-1)49-35-33-41-20-8-10-28-48(41)56(49)45-25-16-26-46(38-45)58-53-31-13-11-29-51(53)57(52-30-12-14-32-54(52)58)44-24-15-23-43(37-44)50-36-34-40-19-7-9-27-47(40)55(50)42-21-5-2-6-22-42/h1-38H. The average molecular weight is 735 g/mol. The minimum absolute atomic E-state index is 1.20. The van der Waals surface area contributed by atoms with Gasteiger partial charge in [-0.2, -0.15) is 0 Å². The summed E-state index contributed by atoms with van der Waals surface area (Å²) >= 11 is 0. The van der Waals surface area contributed by atoms with Crippen LogP contribution < -0.4 is 0 Å². The first-order chi connectivity index (χ1) is 28.8. The van der Waals surface area contributed by atoms with Gasteiger partial charge in [-0.05, 0) is 122 Å². The average Bonchev–Trinajstić information content (AvgIpc) is 3.30. The van der Waals surface area contributed by atoms with Crippen LogP contribution in [0.1, 0.15) is 0 Å². The minimum Gasteiger partial charge on any atom is -0.0622 e. The molecule has 0 saturated carbocycles. The molecule has 11 rings (SSSR count). The van der Waals surface area contributed by atoms with E-state index in [1.807, 2.05) is 0 Å². The van der Waals surface area contributed by atoms with Crippen LogP contribution in [0.5, 0.6) is 0 Å². The number of fused-ring (bicyclic) bond motifs is 4. The van der Waals surface area contributed by atoms with E-state index in [2.05, 4.69) is 231 Å². The zero-order valence-corrected chi connectivity index (χ0v) is 31.9. The third-order valence-electron chi connectivity index (χ3n) is 11.8. The van der Waals surface area contributed by atoms with Crippen molar-refractivity contribution in [2.24, 2.45) is 0 Å². The lowest BCUT2D eigenvalue weighted by molar-refractivity contribution is 1.60. The molecule has 0 heteroatoms. The third-order valence-corrected chi connectivity index (χ3v) is 11.8. The summed E-state index contributed by atoms with van der Waals surface area (Å²) in [6, 6.07) is 84.5. The molecule has 11 aromatic carbocycles. The molecular weight excluding hydrogens is 697 g/mol. The summed E-state index contributed by atoms with van der Waals surface area (Å²) in [5, 5.41) is 9.99. The summed E-state index contributed by atoms with van der Waals surface area (Å²) in [5.74, 6) is 0. The predicted molar refractivity (Wildman–Crippen MR) is 249 cm³/mol. The minimum atomic E-state index is 1.20. The second kappa shape index (κ2) is 14.2. The van der Waals surface area contributed by atoms with Gasteiger partial charge in [-0.1, -0.05) is 218 Å². The Kier molecular flexibility index (Phi) is 8.26. The van der Waals surface area contributed by atoms with Gasteiger partial charge < -0.3 is 0 Å². The van der Waals surface area contributed by atoms with Crippen molar-refractivity contribution < 1.29 is 0 Å². The Bertz CT molecular complexity index is 3260. The first-order valence-corrected chi connectivity index (χ1v) is 20.1. The molecule has 0 aliphatic heterocycles. The fourth-order valence-electron chi connectivity index (χ4n) is 9.29. The Hall–Kier alpha value is -7.54. The summed E-state index contributed by atoms with van der Waals surface area (Å²) in [7, 11) is 0. The van der Waals surface area contributed by atoms with Crippen LogP contribution in [-0.4, -0.2) is 0 Å². The highest BCUT2D eigenvalue weighted by atomic mass is 14.2. The van der Waals surface area contributed by atoms with Crippen LogP contribution in [-0.2, 0) is 0 Å². The lowest BCUT2D eigenvalue weighted by atomic mass is 9.83. The smallest absolute Gasteiger partial charge is 0.00262 e. The molecule has 0 radical (unpaired) electrons. The van der Waals surface area contributed by atoms with Gasteiger partial charge in [-0.25, -0.2) is 0 Å². The maximum Gasteiger partial charge on any atom is -0.00262 e. The van der Waals surface area contributed by atoms with Crippen LogP contribution >= 0.6 is 0 Å². The van der Waals surface area contributed by atoms with Crippen molar-refractivity contribution in [3.8, 4) is 66.8 Å². The summed E-state index contributed by atoms with van der Waals surface area (Å²) < 4.78 is 0. The van der Waals surface area contributed by atoms with Crippen molar-refractivity contribution >= 4 is 43.1 Å². The third kappa shape index (κ3) is 5.69. The Morgan fingerprint density at radius 1 is 0.172 bits per heavy atom. The highest BCUT2D eigenvalue weighted by Crippen LogP contribution is 2.47. The second-order valence-electron chi connectivity index (χ2n) is 15.2. The van der Waals surface area contributed by atoms with E-state index in [4.69, 9.17) is 0 Å². The van der Waals surface area contributed by atoms with Crippen molar-refractivity contribution in [3.63, 3.8) is 0 Å². The Balaban J connectivity index is 1.13. The molecule has 0 amide bonds. The number of hydrogen-bond acceptors (Lipinski definition) is 0. The maximum atomic E-state index is 2.41. The lowest BCUT2D eigenvalue weighted by Gasteiger charge is -2.20. The van der Waals surface area contributed by atoms with Gasteiger partial charge in [0.05, 0.1) is 0 Å². The zero-order chi connectivity index (χ0) is 38.4. The van der Waals surface area contributed by atoms with E-state index in [0.29, 0.717) is 0 Å². The molecule has 0 heterocycles. The summed E-state index contributed by atoms with van der Waals surface area (Å²) in [5.41, 5.74) is 14.8. The monoisotopic (exact) mass is 734 g/mol. The van der Waals surface area contributed by atoms with Crippen molar-refractivity contribution in [2.45, 2.75) is 0 Å². The molecule has 0 saturated heterocycles. The molecule has 270 valence electrons. The second-order valence-corrected chi connectivity index (χ2v) is 15.2. The fraction of sp³-hybridized carbons (Fsp3) is 0. The van der Waals surface area contributed by atoms with Gasteiger partial charge in [-0.15, -0.1) is 0 Å². The van der Waals surface area contributed by atoms with E-state index in [9.17, 15) is 0 Å². The van der Waals surface area contributed by atoms with Crippen LogP contribution in [0.4, 0.5) is 0 Å². The Morgan fingerprint density at radius 3 is 1.00 bits per heavy atom. The molecule has 0 spiro atoms. The van der Waals surface area contributed by atoms with Crippen molar-refractivity contribution in [2.75, 3.05) is 0 Å². The zero-order valence-electron chi connectivity index (χ0n) is 31.9. The quantitative estimate of drug-likeness (QED) is 0.149. The van der Waals surface area contributed by atoms with Gasteiger partial charge in [0.2, 0.25) is 0 Å². The van der Waals surface area contributed by atoms with Gasteiger partial charge in [0, 0.05) is 0 Å². The van der Waals surface area contributed by atoms with Crippen LogP contribution in [0, 0.1) is 0 Å². The van der Waals surface area contributed by atoms with E-state index < -0.39 is 0 Å². The maximum absolute atomic E-state index is 2.41. The van der Waals surface area contributed by atoms with Crippen molar-refractivity contribution in [1.82, 2.24) is 0 Å². The molecule has 0 bridgehead atoms. The van der Waals surface area contributed by atoms with Crippen LogP contribution in [0.15, 0.2) is 231 Å². The van der Waals surface area contributed by atoms with E-state index in [-0.39, 0.29) is 0 Å². The van der Waals surface area contributed by atoms with E-state index in [1.54, 1.807) is 0 Å².